The van der Waals surface area contributed by atoms with Crippen LogP contribution in [0.2, 0.25) is 0 Å². The van der Waals surface area contributed by atoms with Gasteiger partial charge in [0.25, 0.3) is 5.91 Å². The van der Waals surface area contributed by atoms with Crippen molar-refractivity contribution >= 4 is 44.4 Å². The molecule has 0 unspecified atom stereocenters. The molecule has 0 aliphatic heterocycles. The molecule has 1 aromatic rings. The van der Waals surface area contributed by atoms with Crippen LogP contribution in [0.5, 0.6) is 0 Å². The highest BCUT2D eigenvalue weighted by Gasteiger charge is 2.28. The number of carbonyl (C=O) groups excluding carboxylic acids is 1. The van der Waals surface area contributed by atoms with Crippen molar-refractivity contribution in [1.82, 2.24) is 9.80 Å². The third-order valence-corrected chi connectivity index (χ3v) is 5.41. The molecule has 0 N–H and O–H groups in total. The number of amides is 1. The molecule has 1 aromatic carbocycles. The Morgan fingerprint density at radius 3 is 2.57 bits per heavy atom. The maximum atomic E-state index is 13.0. The van der Waals surface area contributed by atoms with Crippen LogP contribution in [0.1, 0.15) is 36.0 Å². The van der Waals surface area contributed by atoms with Gasteiger partial charge in [0.15, 0.2) is 0 Å². The van der Waals surface area contributed by atoms with Gasteiger partial charge >= 0.3 is 0 Å². The number of hydrogen-bond acceptors (Lipinski definition) is 2. The molecule has 0 spiro atoms. The Balaban J connectivity index is 2.21. The van der Waals surface area contributed by atoms with E-state index in [0.717, 1.165) is 39.5 Å². The smallest absolute Gasteiger partial charge is 0.255 e. The average molecular weight is 465 g/mol. The number of likely N-dealkylation sites (N-methyl/N-ethyl adjacent to an activating group) is 1. The molecule has 0 aromatic heterocycles. The summed E-state index contributed by atoms with van der Waals surface area (Å²) in [5, 5.41) is 0. The molecule has 1 aliphatic carbocycles. The Morgan fingerprint density at radius 2 is 1.95 bits per heavy atom. The van der Waals surface area contributed by atoms with E-state index in [4.69, 9.17) is 0 Å². The lowest BCUT2D eigenvalue weighted by atomic mass is 10.1. The van der Waals surface area contributed by atoms with Crippen LogP contribution in [0.25, 0.3) is 0 Å². The fourth-order valence-electron chi connectivity index (χ4n) is 2.79. The van der Waals surface area contributed by atoms with E-state index in [1.54, 1.807) is 0 Å². The molecular formula is C16H22BrIN2O. The molecule has 1 fully saturated rings. The number of nitrogens with zero attached hydrogens (tertiary/aromatic N) is 2. The highest BCUT2D eigenvalue weighted by atomic mass is 127. The Hall–Kier alpha value is -0.140. The van der Waals surface area contributed by atoms with Gasteiger partial charge in [0.05, 0.1) is 5.56 Å². The molecule has 2 rings (SSSR count). The lowest BCUT2D eigenvalue weighted by Gasteiger charge is -2.30. The van der Waals surface area contributed by atoms with E-state index >= 15 is 0 Å². The summed E-state index contributed by atoms with van der Waals surface area (Å²) >= 11 is 5.73. The summed E-state index contributed by atoms with van der Waals surface area (Å²) in [4.78, 5) is 17.2. The van der Waals surface area contributed by atoms with Gasteiger partial charge in [0.1, 0.15) is 0 Å². The summed E-state index contributed by atoms with van der Waals surface area (Å²) in [5.41, 5.74) is 0.815. The van der Waals surface area contributed by atoms with Gasteiger partial charge in [-0.1, -0.05) is 28.8 Å². The van der Waals surface area contributed by atoms with Gasteiger partial charge in [-0.2, -0.15) is 0 Å². The topological polar surface area (TPSA) is 23.6 Å². The van der Waals surface area contributed by atoms with Crippen LogP contribution in [0.3, 0.4) is 0 Å². The number of benzene rings is 1. The lowest BCUT2D eigenvalue weighted by Crippen LogP contribution is -2.43. The van der Waals surface area contributed by atoms with Crippen LogP contribution >= 0.6 is 38.5 Å². The summed E-state index contributed by atoms with van der Waals surface area (Å²) in [7, 11) is 4.11. The summed E-state index contributed by atoms with van der Waals surface area (Å²) in [5.74, 6) is 0.175. The molecule has 21 heavy (non-hydrogen) atoms. The number of halogens is 2. The predicted molar refractivity (Wildman–Crippen MR) is 98.7 cm³/mol. The number of hydrogen-bond donors (Lipinski definition) is 0. The molecular weight excluding hydrogens is 443 g/mol. The van der Waals surface area contributed by atoms with Crippen LogP contribution in [-0.4, -0.2) is 48.9 Å². The average Bonchev–Trinajstić information content (AvgIpc) is 2.95. The van der Waals surface area contributed by atoms with Crippen molar-refractivity contribution in [2.45, 2.75) is 31.7 Å². The van der Waals surface area contributed by atoms with E-state index in [2.05, 4.69) is 62.4 Å². The fraction of sp³-hybridized carbons (Fsp3) is 0.562. The first kappa shape index (κ1) is 17.2. The maximum absolute atomic E-state index is 13.0. The summed E-state index contributed by atoms with van der Waals surface area (Å²) in [6.07, 6.45) is 4.77. The largest absolute Gasteiger partial charge is 0.334 e. The van der Waals surface area contributed by atoms with E-state index < -0.39 is 0 Å². The van der Waals surface area contributed by atoms with Gasteiger partial charge in [-0.25, -0.2) is 0 Å². The quantitative estimate of drug-likeness (QED) is 0.615. The van der Waals surface area contributed by atoms with Crippen molar-refractivity contribution in [3.05, 3.63) is 31.8 Å². The highest BCUT2D eigenvalue weighted by Crippen LogP contribution is 2.27. The van der Waals surface area contributed by atoms with E-state index in [1.165, 1.54) is 12.8 Å². The van der Waals surface area contributed by atoms with Crippen LogP contribution in [0.4, 0.5) is 0 Å². The zero-order chi connectivity index (χ0) is 15.4. The fourth-order valence-corrected chi connectivity index (χ4v) is 3.72. The Bertz CT molecular complexity index is 501. The molecule has 0 heterocycles. The Kier molecular flexibility index (Phi) is 6.50. The van der Waals surface area contributed by atoms with E-state index in [1.807, 2.05) is 18.2 Å². The second-order valence-corrected chi connectivity index (χ2v) is 7.94. The SMILES string of the molecule is CN(C)CCN(C(=O)c1cc(Br)ccc1I)C1CCCC1. The van der Waals surface area contributed by atoms with Crippen LogP contribution in [0, 0.1) is 3.57 Å². The normalized spacial score (nSPS) is 15.7. The second kappa shape index (κ2) is 7.92. The first-order valence-electron chi connectivity index (χ1n) is 7.40. The number of carbonyl (C=O) groups is 1. The van der Waals surface area contributed by atoms with Gasteiger partial charge in [0.2, 0.25) is 0 Å². The van der Waals surface area contributed by atoms with Crippen molar-refractivity contribution in [3.63, 3.8) is 0 Å². The molecule has 0 atom stereocenters. The lowest BCUT2D eigenvalue weighted by molar-refractivity contribution is 0.0666. The second-order valence-electron chi connectivity index (χ2n) is 5.86. The maximum Gasteiger partial charge on any atom is 0.255 e. The van der Waals surface area contributed by atoms with Crippen LogP contribution in [-0.2, 0) is 0 Å². The standard InChI is InChI=1S/C16H22BrIN2O/c1-19(2)9-10-20(13-5-3-4-6-13)16(21)14-11-12(17)7-8-15(14)18/h7-8,11,13H,3-6,9-10H2,1-2H3. The van der Waals surface area contributed by atoms with Gasteiger partial charge in [-0.3, -0.25) is 4.79 Å². The molecule has 116 valence electrons. The Morgan fingerprint density at radius 1 is 1.29 bits per heavy atom. The van der Waals surface area contributed by atoms with Gasteiger partial charge in [-0.15, -0.1) is 0 Å². The first-order valence-corrected chi connectivity index (χ1v) is 9.27. The van der Waals surface area contributed by atoms with Crippen LogP contribution in [0.15, 0.2) is 22.7 Å². The predicted octanol–water partition coefficient (Wildman–Crippen LogP) is 4.00. The summed E-state index contributed by atoms with van der Waals surface area (Å²) in [6, 6.07) is 6.34. The third kappa shape index (κ3) is 4.66. The first-order chi connectivity index (χ1) is 9.99. The minimum absolute atomic E-state index is 0.175. The van der Waals surface area contributed by atoms with Gasteiger partial charge < -0.3 is 9.80 Å². The van der Waals surface area contributed by atoms with Gasteiger partial charge in [0, 0.05) is 27.2 Å². The van der Waals surface area contributed by atoms with Crippen molar-refractivity contribution < 1.29 is 4.79 Å². The molecule has 5 heteroatoms. The highest BCUT2D eigenvalue weighted by molar-refractivity contribution is 14.1. The van der Waals surface area contributed by atoms with Crippen LogP contribution < -0.4 is 0 Å². The molecule has 3 nitrogen and oxygen atoms in total. The van der Waals surface area contributed by atoms with E-state index in [0.29, 0.717) is 6.04 Å². The Labute approximate surface area is 149 Å². The summed E-state index contributed by atoms with van der Waals surface area (Å²) < 4.78 is 1.99. The molecule has 0 radical (unpaired) electrons. The van der Waals surface area contributed by atoms with Crippen molar-refractivity contribution in [3.8, 4) is 0 Å². The molecule has 0 saturated heterocycles. The zero-order valence-corrected chi connectivity index (χ0v) is 16.4. The molecule has 0 bridgehead atoms. The van der Waals surface area contributed by atoms with Gasteiger partial charge in [-0.05, 0) is 67.7 Å². The van der Waals surface area contributed by atoms with Crippen molar-refractivity contribution in [2.24, 2.45) is 0 Å². The van der Waals surface area contributed by atoms with Crippen molar-refractivity contribution in [2.75, 3.05) is 27.2 Å². The van der Waals surface area contributed by atoms with E-state index in [-0.39, 0.29) is 5.91 Å². The monoisotopic (exact) mass is 464 g/mol. The zero-order valence-electron chi connectivity index (χ0n) is 12.6. The minimum atomic E-state index is 0.175. The van der Waals surface area contributed by atoms with E-state index in [9.17, 15) is 4.79 Å². The molecule has 1 saturated carbocycles. The third-order valence-electron chi connectivity index (χ3n) is 3.97. The molecule has 1 aliphatic rings. The minimum Gasteiger partial charge on any atom is -0.334 e. The van der Waals surface area contributed by atoms with Crippen molar-refractivity contribution in [1.29, 1.82) is 0 Å². The molecule has 1 amide bonds. The summed E-state index contributed by atoms with van der Waals surface area (Å²) in [6.45, 7) is 1.71. The number of rotatable bonds is 5.